The van der Waals surface area contributed by atoms with E-state index >= 15 is 0 Å². The molecule has 0 unspecified atom stereocenters. The lowest BCUT2D eigenvalue weighted by atomic mass is 10.2. The van der Waals surface area contributed by atoms with Crippen molar-refractivity contribution < 1.29 is 8.42 Å². The van der Waals surface area contributed by atoms with Crippen LogP contribution in [0.15, 0.2) is 40.8 Å². The molecule has 0 saturated carbocycles. The van der Waals surface area contributed by atoms with Crippen LogP contribution in [0.2, 0.25) is 0 Å². The van der Waals surface area contributed by atoms with Crippen molar-refractivity contribution in [3.8, 4) is 6.07 Å². The standard InChI is InChI=1S/C13H14N2O2S/c1-11-3-2-8-15(10-11)18(16,17)13-6-4-12(9-14)5-7-13/h3-7H,2,8,10H2,1H3. The normalized spacial score (nSPS) is 17.0. The van der Waals surface area contributed by atoms with Gasteiger partial charge in [-0.15, -0.1) is 0 Å². The Hall–Kier alpha value is -1.64. The van der Waals surface area contributed by atoms with E-state index in [2.05, 4.69) is 6.08 Å². The fourth-order valence-electron chi connectivity index (χ4n) is 1.93. The lowest BCUT2D eigenvalue weighted by molar-refractivity contribution is 0.428. The van der Waals surface area contributed by atoms with Crippen molar-refractivity contribution in [1.29, 1.82) is 5.26 Å². The largest absolute Gasteiger partial charge is 0.243 e. The van der Waals surface area contributed by atoms with Gasteiger partial charge in [0, 0.05) is 13.1 Å². The molecule has 1 aliphatic heterocycles. The fraction of sp³-hybridized carbons (Fsp3) is 0.308. The summed E-state index contributed by atoms with van der Waals surface area (Å²) in [5.41, 5.74) is 1.53. The van der Waals surface area contributed by atoms with Crippen LogP contribution in [0.3, 0.4) is 0 Å². The SMILES string of the molecule is CC1=CCCN(S(=O)(=O)c2ccc(C#N)cc2)C1. The van der Waals surface area contributed by atoms with E-state index < -0.39 is 10.0 Å². The van der Waals surface area contributed by atoms with Gasteiger partial charge in [0.15, 0.2) is 0 Å². The molecule has 0 saturated heterocycles. The molecule has 1 aliphatic rings. The first-order chi connectivity index (χ1) is 8.54. The van der Waals surface area contributed by atoms with Crippen molar-refractivity contribution in [2.45, 2.75) is 18.2 Å². The number of hydrogen-bond donors (Lipinski definition) is 0. The van der Waals surface area contributed by atoms with E-state index in [9.17, 15) is 8.42 Å². The van der Waals surface area contributed by atoms with E-state index in [0.29, 0.717) is 18.7 Å². The summed E-state index contributed by atoms with van der Waals surface area (Å²) in [6.45, 7) is 2.89. The molecule has 0 N–H and O–H groups in total. The molecule has 0 aliphatic carbocycles. The molecule has 0 fully saturated rings. The minimum absolute atomic E-state index is 0.246. The molecule has 4 nitrogen and oxygen atoms in total. The van der Waals surface area contributed by atoms with Crippen LogP contribution in [0.25, 0.3) is 0 Å². The predicted octanol–water partition coefficient (Wildman–Crippen LogP) is 1.90. The highest BCUT2D eigenvalue weighted by Gasteiger charge is 2.25. The smallest absolute Gasteiger partial charge is 0.207 e. The maximum Gasteiger partial charge on any atom is 0.243 e. The van der Waals surface area contributed by atoms with E-state index in [1.807, 2.05) is 13.0 Å². The van der Waals surface area contributed by atoms with Crippen LogP contribution in [0.5, 0.6) is 0 Å². The summed E-state index contributed by atoms with van der Waals surface area (Å²) in [5.74, 6) is 0. The molecule has 0 radical (unpaired) electrons. The molecular formula is C13H14N2O2S. The van der Waals surface area contributed by atoms with Gasteiger partial charge in [-0.1, -0.05) is 11.6 Å². The Bertz CT molecular complexity index is 609. The quantitative estimate of drug-likeness (QED) is 0.765. The Balaban J connectivity index is 2.31. The van der Waals surface area contributed by atoms with E-state index in [0.717, 1.165) is 12.0 Å². The summed E-state index contributed by atoms with van der Waals surface area (Å²) in [4.78, 5) is 0.246. The Morgan fingerprint density at radius 2 is 1.94 bits per heavy atom. The van der Waals surface area contributed by atoms with E-state index in [4.69, 9.17) is 5.26 Å². The van der Waals surface area contributed by atoms with Crippen molar-refractivity contribution in [3.63, 3.8) is 0 Å². The zero-order valence-corrected chi connectivity index (χ0v) is 10.9. The van der Waals surface area contributed by atoms with Crippen molar-refractivity contribution in [1.82, 2.24) is 4.31 Å². The first kappa shape index (κ1) is 12.8. The molecule has 1 aromatic rings. The van der Waals surface area contributed by atoms with Gasteiger partial charge in [0.1, 0.15) is 0 Å². The van der Waals surface area contributed by atoms with Gasteiger partial charge in [0.05, 0.1) is 16.5 Å². The fourth-order valence-corrected chi connectivity index (χ4v) is 3.43. The minimum Gasteiger partial charge on any atom is -0.207 e. The van der Waals surface area contributed by atoms with Gasteiger partial charge in [-0.05, 0) is 37.6 Å². The Kier molecular flexibility index (Phi) is 3.50. The molecule has 18 heavy (non-hydrogen) atoms. The molecule has 5 heteroatoms. The molecule has 0 amide bonds. The third-order valence-electron chi connectivity index (χ3n) is 2.92. The first-order valence-corrected chi connectivity index (χ1v) is 7.14. The molecule has 0 bridgehead atoms. The van der Waals surface area contributed by atoms with Gasteiger partial charge in [0.2, 0.25) is 10.0 Å². The topological polar surface area (TPSA) is 61.2 Å². The summed E-state index contributed by atoms with van der Waals surface area (Å²) >= 11 is 0. The molecule has 1 aromatic carbocycles. The molecule has 94 valence electrons. The summed E-state index contributed by atoms with van der Waals surface area (Å²) in [5, 5.41) is 8.70. The zero-order chi connectivity index (χ0) is 13.2. The number of hydrogen-bond acceptors (Lipinski definition) is 3. The molecule has 0 spiro atoms. The Labute approximate surface area is 107 Å². The highest BCUT2D eigenvalue weighted by molar-refractivity contribution is 7.89. The average molecular weight is 262 g/mol. The van der Waals surface area contributed by atoms with E-state index in [-0.39, 0.29) is 4.90 Å². The van der Waals surface area contributed by atoms with Gasteiger partial charge in [0.25, 0.3) is 0 Å². The molecule has 1 heterocycles. The third kappa shape index (κ3) is 2.45. The number of nitrogens with zero attached hydrogens (tertiary/aromatic N) is 2. The highest BCUT2D eigenvalue weighted by Crippen LogP contribution is 2.20. The first-order valence-electron chi connectivity index (χ1n) is 5.70. The second-order valence-corrected chi connectivity index (χ2v) is 6.25. The van der Waals surface area contributed by atoms with Crippen LogP contribution in [-0.2, 0) is 10.0 Å². The third-order valence-corrected chi connectivity index (χ3v) is 4.78. The van der Waals surface area contributed by atoms with Crippen LogP contribution in [0, 0.1) is 11.3 Å². The number of nitriles is 1. The van der Waals surface area contributed by atoms with Crippen LogP contribution in [0.1, 0.15) is 18.9 Å². The second kappa shape index (κ2) is 4.92. The van der Waals surface area contributed by atoms with Gasteiger partial charge in [-0.25, -0.2) is 8.42 Å². The van der Waals surface area contributed by atoms with Gasteiger partial charge >= 0.3 is 0 Å². The summed E-state index contributed by atoms with van der Waals surface area (Å²) in [6.07, 6.45) is 2.81. The maximum absolute atomic E-state index is 12.3. The monoisotopic (exact) mass is 262 g/mol. The van der Waals surface area contributed by atoms with Crippen molar-refractivity contribution in [3.05, 3.63) is 41.5 Å². The van der Waals surface area contributed by atoms with Crippen LogP contribution in [-0.4, -0.2) is 25.8 Å². The minimum atomic E-state index is -3.44. The molecule has 0 aromatic heterocycles. The summed E-state index contributed by atoms with van der Waals surface area (Å²) in [7, 11) is -3.44. The Morgan fingerprint density at radius 3 is 2.50 bits per heavy atom. The average Bonchev–Trinajstić information content (AvgIpc) is 2.39. The number of sulfonamides is 1. The maximum atomic E-state index is 12.3. The highest BCUT2D eigenvalue weighted by atomic mass is 32.2. The molecule has 0 atom stereocenters. The van der Waals surface area contributed by atoms with Crippen LogP contribution < -0.4 is 0 Å². The van der Waals surface area contributed by atoms with Crippen LogP contribution >= 0.6 is 0 Å². The van der Waals surface area contributed by atoms with Crippen molar-refractivity contribution in [2.24, 2.45) is 0 Å². The van der Waals surface area contributed by atoms with E-state index in [1.54, 1.807) is 0 Å². The zero-order valence-electron chi connectivity index (χ0n) is 10.1. The van der Waals surface area contributed by atoms with Gasteiger partial charge < -0.3 is 0 Å². The summed E-state index contributed by atoms with van der Waals surface area (Å²) < 4.78 is 26.2. The molecule has 2 rings (SSSR count). The second-order valence-electron chi connectivity index (χ2n) is 4.31. The summed E-state index contributed by atoms with van der Waals surface area (Å²) in [6, 6.07) is 8.00. The van der Waals surface area contributed by atoms with Gasteiger partial charge in [-0.2, -0.15) is 9.57 Å². The lowest BCUT2D eigenvalue weighted by Crippen LogP contribution is -2.35. The number of rotatable bonds is 2. The Morgan fingerprint density at radius 1 is 1.28 bits per heavy atom. The van der Waals surface area contributed by atoms with E-state index in [1.165, 1.54) is 28.6 Å². The molecular weight excluding hydrogens is 248 g/mol. The number of benzene rings is 1. The van der Waals surface area contributed by atoms with Crippen molar-refractivity contribution in [2.75, 3.05) is 13.1 Å². The lowest BCUT2D eigenvalue weighted by Gasteiger charge is -2.25. The van der Waals surface area contributed by atoms with Crippen molar-refractivity contribution >= 4 is 10.0 Å². The van der Waals surface area contributed by atoms with Gasteiger partial charge in [-0.3, -0.25) is 0 Å². The predicted molar refractivity (Wildman–Crippen MR) is 68.3 cm³/mol. The van der Waals surface area contributed by atoms with Crippen LogP contribution in [0.4, 0.5) is 0 Å².